The molecule has 0 radical (unpaired) electrons. The fourth-order valence-corrected chi connectivity index (χ4v) is 6.57. The summed E-state index contributed by atoms with van der Waals surface area (Å²) in [5.74, 6) is -0.893. The van der Waals surface area contributed by atoms with Gasteiger partial charge in [0, 0.05) is 6.42 Å². The van der Waals surface area contributed by atoms with Crippen molar-refractivity contribution in [1.82, 2.24) is 5.32 Å². The number of aliphatic hydroxyl groups is 1. The van der Waals surface area contributed by atoms with Crippen molar-refractivity contribution in [3.05, 3.63) is 0 Å². The van der Waals surface area contributed by atoms with Gasteiger partial charge in [-0.3, -0.25) is 9.35 Å². The van der Waals surface area contributed by atoms with Crippen molar-refractivity contribution in [1.29, 1.82) is 0 Å². The molecule has 6 nitrogen and oxygen atoms in total. The van der Waals surface area contributed by atoms with Gasteiger partial charge in [-0.25, -0.2) is 0 Å². The van der Waals surface area contributed by atoms with E-state index in [0.29, 0.717) is 12.8 Å². The molecule has 0 saturated carbocycles. The van der Waals surface area contributed by atoms with E-state index in [1.165, 1.54) is 135 Å². The highest BCUT2D eigenvalue weighted by molar-refractivity contribution is 7.85. The zero-order valence-electron chi connectivity index (χ0n) is 27.9. The van der Waals surface area contributed by atoms with Crippen LogP contribution in [0.4, 0.5) is 0 Å². The van der Waals surface area contributed by atoms with Gasteiger partial charge in [0.2, 0.25) is 5.91 Å². The minimum absolute atomic E-state index is 0.250. The zero-order chi connectivity index (χ0) is 31.2. The first kappa shape index (κ1) is 41.3. The fourth-order valence-electron chi connectivity index (χ4n) is 5.81. The second-order valence-electron chi connectivity index (χ2n) is 12.9. The van der Waals surface area contributed by atoms with Crippen LogP contribution >= 0.6 is 0 Å². The van der Waals surface area contributed by atoms with E-state index >= 15 is 0 Å². The smallest absolute Gasteiger partial charge is 0.266 e. The number of aliphatic hydroxyl groups excluding tert-OH is 1. The first-order valence-corrected chi connectivity index (χ1v) is 19.8. The van der Waals surface area contributed by atoms with Gasteiger partial charge in [0.1, 0.15) is 0 Å². The van der Waals surface area contributed by atoms with Gasteiger partial charge in [-0.2, -0.15) is 8.42 Å². The van der Waals surface area contributed by atoms with Crippen LogP contribution in [0.3, 0.4) is 0 Å². The number of hydrogen-bond acceptors (Lipinski definition) is 4. The third kappa shape index (κ3) is 30.8. The van der Waals surface area contributed by atoms with E-state index in [4.69, 9.17) is 0 Å². The molecule has 0 saturated heterocycles. The summed E-state index contributed by atoms with van der Waals surface area (Å²) >= 11 is 0. The lowest BCUT2D eigenvalue weighted by atomic mass is 10.0. The molecule has 0 heterocycles. The summed E-state index contributed by atoms with van der Waals surface area (Å²) in [4.78, 5) is 12.3. The van der Waals surface area contributed by atoms with Crippen LogP contribution in [-0.2, 0) is 14.9 Å². The Morgan fingerprint density at radius 3 is 1.19 bits per heavy atom. The van der Waals surface area contributed by atoms with Crippen LogP contribution in [0.15, 0.2) is 0 Å². The van der Waals surface area contributed by atoms with Crippen molar-refractivity contribution in [3.8, 4) is 0 Å². The van der Waals surface area contributed by atoms with E-state index < -0.39 is 28.0 Å². The normalized spacial score (nSPS) is 13.3. The molecule has 3 N–H and O–H groups in total. The van der Waals surface area contributed by atoms with Crippen LogP contribution in [0.1, 0.15) is 200 Å². The van der Waals surface area contributed by atoms with Crippen molar-refractivity contribution < 1.29 is 22.9 Å². The molecule has 1 amide bonds. The van der Waals surface area contributed by atoms with Crippen molar-refractivity contribution >= 4 is 16.0 Å². The summed E-state index contributed by atoms with van der Waals surface area (Å²) in [6.07, 6.45) is 33.6. The molecule has 0 aromatic heterocycles. The Morgan fingerprint density at radius 1 is 0.548 bits per heavy atom. The molecule has 0 aromatic rings. The van der Waals surface area contributed by atoms with Crippen molar-refractivity contribution in [3.63, 3.8) is 0 Å². The molecule has 42 heavy (non-hydrogen) atoms. The Morgan fingerprint density at radius 2 is 0.857 bits per heavy atom. The average molecular weight is 618 g/mol. The second-order valence-corrected chi connectivity index (χ2v) is 14.4. The lowest BCUT2D eigenvalue weighted by Gasteiger charge is -2.23. The summed E-state index contributed by atoms with van der Waals surface area (Å²) in [5, 5.41) is 13.2. The number of rotatable bonds is 33. The minimum atomic E-state index is -4.29. The summed E-state index contributed by atoms with van der Waals surface area (Å²) in [7, 11) is -4.29. The van der Waals surface area contributed by atoms with Crippen molar-refractivity contribution in [2.75, 3.05) is 5.75 Å². The molecular weight excluding hydrogens is 546 g/mol. The predicted molar refractivity (Wildman–Crippen MR) is 180 cm³/mol. The van der Waals surface area contributed by atoms with Crippen LogP contribution in [0, 0.1) is 0 Å². The molecule has 0 bridgehead atoms. The maximum Gasteiger partial charge on any atom is 0.266 e. The molecule has 0 spiro atoms. The summed E-state index contributed by atoms with van der Waals surface area (Å²) in [5.41, 5.74) is 0. The van der Waals surface area contributed by atoms with E-state index in [9.17, 15) is 22.9 Å². The molecule has 0 aliphatic carbocycles. The number of hydrogen-bond donors (Lipinski definition) is 3. The molecule has 252 valence electrons. The SMILES string of the molecule is CCCCCCCCCCCCCCCCCCCCCCC(O)C(CS(=O)(=O)O)NC(=O)CCCCCCCCC. The van der Waals surface area contributed by atoms with Crippen LogP contribution in [-0.4, -0.2) is 41.9 Å². The molecular formula is C35H71NO5S. The molecule has 0 fully saturated rings. The number of unbranched alkanes of at least 4 members (excludes halogenated alkanes) is 25. The van der Waals surface area contributed by atoms with Gasteiger partial charge in [-0.1, -0.05) is 181 Å². The van der Waals surface area contributed by atoms with Crippen LogP contribution < -0.4 is 5.32 Å². The molecule has 0 aliphatic rings. The Kier molecular flexibility index (Phi) is 29.9. The minimum Gasteiger partial charge on any atom is -0.391 e. The molecule has 0 rings (SSSR count). The topological polar surface area (TPSA) is 104 Å². The number of carbonyl (C=O) groups excluding carboxylic acids is 1. The highest BCUT2D eigenvalue weighted by Gasteiger charge is 2.26. The first-order valence-electron chi connectivity index (χ1n) is 18.2. The Hall–Kier alpha value is -0.660. The first-order chi connectivity index (χ1) is 20.3. The van der Waals surface area contributed by atoms with Crippen LogP contribution in [0.25, 0.3) is 0 Å². The monoisotopic (exact) mass is 618 g/mol. The van der Waals surface area contributed by atoms with Crippen LogP contribution in [0.5, 0.6) is 0 Å². The number of carbonyl (C=O) groups is 1. The highest BCUT2D eigenvalue weighted by Crippen LogP contribution is 2.16. The lowest BCUT2D eigenvalue weighted by molar-refractivity contribution is -0.122. The zero-order valence-corrected chi connectivity index (χ0v) is 28.7. The van der Waals surface area contributed by atoms with Crippen molar-refractivity contribution in [2.24, 2.45) is 0 Å². The van der Waals surface area contributed by atoms with Gasteiger partial charge in [-0.05, 0) is 12.8 Å². The van der Waals surface area contributed by atoms with E-state index in [-0.39, 0.29) is 5.91 Å². The molecule has 2 atom stereocenters. The Labute approximate surface area is 261 Å². The number of amides is 1. The second kappa shape index (κ2) is 30.4. The van der Waals surface area contributed by atoms with Crippen molar-refractivity contribution in [2.45, 2.75) is 212 Å². The third-order valence-corrected chi connectivity index (χ3v) is 9.34. The van der Waals surface area contributed by atoms with Gasteiger partial charge >= 0.3 is 0 Å². The van der Waals surface area contributed by atoms with Gasteiger partial charge < -0.3 is 10.4 Å². The maximum atomic E-state index is 12.3. The predicted octanol–water partition coefficient (Wildman–Crippen LogP) is 10.1. The van der Waals surface area contributed by atoms with E-state index in [0.717, 1.165) is 38.5 Å². The third-order valence-electron chi connectivity index (χ3n) is 8.56. The maximum absolute atomic E-state index is 12.3. The summed E-state index contributed by atoms with van der Waals surface area (Å²) in [6, 6.07) is -0.961. The van der Waals surface area contributed by atoms with Gasteiger partial charge in [0.25, 0.3) is 10.1 Å². The molecule has 2 unspecified atom stereocenters. The largest absolute Gasteiger partial charge is 0.391 e. The fraction of sp³-hybridized carbons (Fsp3) is 0.971. The van der Waals surface area contributed by atoms with Gasteiger partial charge in [-0.15, -0.1) is 0 Å². The van der Waals surface area contributed by atoms with Gasteiger partial charge in [0.15, 0.2) is 0 Å². The highest BCUT2D eigenvalue weighted by atomic mass is 32.2. The quantitative estimate of drug-likeness (QED) is 0.0502. The Bertz CT molecular complexity index is 685. The summed E-state index contributed by atoms with van der Waals surface area (Å²) in [6.45, 7) is 4.46. The van der Waals surface area contributed by atoms with Crippen LogP contribution in [0.2, 0.25) is 0 Å². The molecule has 7 heteroatoms. The van der Waals surface area contributed by atoms with E-state index in [2.05, 4.69) is 19.2 Å². The summed E-state index contributed by atoms with van der Waals surface area (Å²) < 4.78 is 32.2. The van der Waals surface area contributed by atoms with E-state index in [1.54, 1.807) is 0 Å². The lowest BCUT2D eigenvalue weighted by Crippen LogP contribution is -2.47. The standard InChI is InChI=1S/C35H71NO5S/c1-3-5-7-9-11-12-13-14-15-16-17-18-19-20-21-22-23-25-26-28-30-34(37)33(32-42(39,40)41)36-35(38)31-29-27-24-10-8-6-4-2/h33-34,37H,3-32H2,1-2H3,(H,36,38)(H,39,40,41). The molecule has 0 aliphatic heterocycles. The van der Waals surface area contributed by atoms with E-state index in [1.807, 2.05) is 0 Å². The Balaban J connectivity index is 3.76. The average Bonchev–Trinajstić information content (AvgIpc) is 2.94. The molecule has 0 aromatic carbocycles. The van der Waals surface area contributed by atoms with Gasteiger partial charge in [0.05, 0.1) is 17.9 Å². The number of nitrogens with one attached hydrogen (secondary N) is 1.